The minimum atomic E-state index is -0.0365. The second kappa shape index (κ2) is 5.40. The van der Waals surface area contributed by atoms with Gasteiger partial charge in [0.05, 0.1) is 0 Å². The molecule has 1 heteroatoms. The van der Waals surface area contributed by atoms with Crippen LogP contribution in [0.5, 0.6) is 5.75 Å². The molecule has 0 atom stereocenters. The molecule has 0 fully saturated rings. The molecule has 0 aliphatic carbocycles. The van der Waals surface area contributed by atoms with Crippen LogP contribution in [0.2, 0.25) is 0 Å². The summed E-state index contributed by atoms with van der Waals surface area (Å²) in [6.45, 7) is 15.0. The van der Waals surface area contributed by atoms with E-state index in [1.54, 1.807) is 0 Å². The summed E-state index contributed by atoms with van der Waals surface area (Å²) in [5.74, 6) is 0.418. The first-order valence-corrected chi connectivity index (χ1v) is 7.05. The Hall–Kier alpha value is -1.24. The zero-order valence-electron chi connectivity index (χ0n) is 13.5. The summed E-state index contributed by atoms with van der Waals surface area (Å²) in [4.78, 5) is 0. The van der Waals surface area contributed by atoms with Crippen LogP contribution >= 0.6 is 0 Å². The van der Waals surface area contributed by atoms with Gasteiger partial charge < -0.3 is 5.11 Å². The monoisotopic (exact) mass is 260 g/mol. The molecule has 0 spiro atoms. The molecule has 0 aliphatic rings. The van der Waals surface area contributed by atoms with Crippen LogP contribution in [0.3, 0.4) is 0 Å². The van der Waals surface area contributed by atoms with E-state index in [0.717, 1.165) is 12.0 Å². The van der Waals surface area contributed by atoms with E-state index in [4.69, 9.17) is 0 Å². The predicted molar refractivity (Wildman–Crippen MR) is 84.0 cm³/mol. The molecule has 1 aromatic rings. The van der Waals surface area contributed by atoms with Crippen LogP contribution < -0.4 is 0 Å². The van der Waals surface area contributed by atoms with Crippen molar-refractivity contribution in [1.29, 1.82) is 0 Å². The standard InChI is InChI=1S/C18H28O/c1-8-9-10-13-11-15(18(5,6)7)16(19)12-14(13)17(2,3)4/h8-9,11-12,19H,10H2,1-7H3/b9-8+. The van der Waals surface area contributed by atoms with Crippen molar-refractivity contribution in [3.63, 3.8) is 0 Å². The Morgan fingerprint density at radius 2 is 1.47 bits per heavy atom. The molecule has 1 rings (SSSR count). The molecule has 0 radical (unpaired) electrons. The fourth-order valence-electron chi connectivity index (χ4n) is 2.35. The van der Waals surface area contributed by atoms with Crippen LogP contribution in [-0.2, 0) is 17.3 Å². The summed E-state index contributed by atoms with van der Waals surface area (Å²) in [6, 6.07) is 4.13. The van der Waals surface area contributed by atoms with Crippen molar-refractivity contribution >= 4 is 0 Å². The minimum absolute atomic E-state index is 0.0365. The van der Waals surface area contributed by atoms with Crippen molar-refractivity contribution in [3.8, 4) is 5.75 Å². The SMILES string of the molecule is C/C=C/Cc1cc(C(C)(C)C)c(O)cc1C(C)(C)C. The molecule has 19 heavy (non-hydrogen) atoms. The average Bonchev–Trinajstić information content (AvgIpc) is 2.24. The molecule has 0 bridgehead atoms. The molecule has 0 saturated carbocycles. The smallest absolute Gasteiger partial charge is 0.119 e. The molecule has 0 amide bonds. The first-order valence-electron chi connectivity index (χ1n) is 7.05. The van der Waals surface area contributed by atoms with E-state index in [1.165, 1.54) is 11.1 Å². The van der Waals surface area contributed by atoms with E-state index in [-0.39, 0.29) is 10.8 Å². The Labute approximate surface area is 118 Å². The molecule has 1 nitrogen and oxygen atoms in total. The maximum Gasteiger partial charge on any atom is 0.119 e. The van der Waals surface area contributed by atoms with E-state index < -0.39 is 0 Å². The van der Waals surface area contributed by atoms with Crippen molar-refractivity contribution in [2.45, 2.75) is 65.7 Å². The maximum atomic E-state index is 10.3. The molecule has 0 aliphatic heterocycles. The molecule has 0 saturated heterocycles. The highest BCUT2D eigenvalue weighted by Gasteiger charge is 2.24. The van der Waals surface area contributed by atoms with Gasteiger partial charge in [-0.25, -0.2) is 0 Å². The molecule has 106 valence electrons. The van der Waals surface area contributed by atoms with E-state index in [1.807, 2.05) is 13.0 Å². The number of allylic oxidation sites excluding steroid dienone is 2. The first kappa shape index (κ1) is 15.8. The van der Waals surface area contributed by atoms with Crippen LogP contribution in [0.15, 0.2) is 24.3 Å². The summed E-state index contributed by atoms with van der Waals surface area (Å²) in [5.41, 5.74) is 3.58. The van der Waals surface area contributed by atoms with Crippen LogP contribution in [0.25, 0.3) is 0 Å². The predicted octanol–water partition coefficient (Wildman–Crippen LogP) is 5.11. The van der Waals surface area contributed by atoms with Crippen molar-refractivity contribution in [2.24, 2.45) is 0 Å². The van der Waals surface area contributed by atoms with E-state index in [0.29, 0.717) is 5.75 Å². The van der Waals surface area contributed by atoms with Gasteiger partial charge in [0, 0.05) is 0 Å². The Morgan fingerprint density at radius 1 is 0.947 bits per heavy atom. The average molecular weight is 260 g/mol. The summed E-state index contributed by atoms with van der Waals surface area (Å²) in [5, 5.41) is 10.3. The Balaban J connectivity index is 3.46. The van der Waals surface area contributed by atoms with Gasteiger partial charge in [-0.1, -0.05) is 59.8 Å². The largest absolute Gasteiger partial charge is 0.508 e. The molecule has 1 aromatic carbocycles. The van der Waals surface area contributed by atoms with Gasteiger partial charge in [-0.15, -0.1) is 0 Å². The van der Waals surface area contributed by atoms with E-state index in [2.05, 4.69) is 59.8 Å². The van der Waals surface area contributed by atoms with Crippen molar-refractivity contribution in [3.05, 3.63) is 41.0 Å². The van der Waals surface area contributed by atoms with Crippen molar-refractivity contribution in [1.82, 2.24) is 0 Å². The van der Waals surface area contributed by atoms with Crippen LogP contribution in [0, 0.1) is 0 Å². The van der Waals surface area contributed by atoms with Gasteiger partial charge in [-0.3, -0.25) is 0 Å². The summed E-state index contributed by atoms with van der Waals surface area (Å²) < 4.78 is 0. The van der Waals surface area contributed by atoms with Gasteiger partial charge in [-0.05, 0) is 46.9 Å². The van der Waals surface area contributed by atoms with Gasteiger partial charge in [0.25, 0.3) is 0 Å². The number of hydrogen-bond acceptors (Lipinski definition) is 1. The zero-order chi connectivity index (χ0) is 14.8. The normalized spacial score (nSPS) is 13.2. The first-order chi connectivity index (χ1) is 8.57. The molecular weight excluding hydrogens is 232 g/mol. The molecule has 0 aromatic heterocycles. The van der Waals surface area contributed by atoms with Gasteiger partial charge in [-0.2, -0.15) is 0 Å². The number of phenols is 1. The lowest BCUT2D eigenvalue weighted by Crippen LogP contribution is -2.17. The number of rotatable bonds is 2. The lowest BCUT2D eigenvalue weighted by molar-refractivity contribution is 0.442. The molecule has 1 N–H and O–H groups in total. The zero-order valence-corrected chi connectivity index (χ0v) is 13.5. The Kier molecular flexibility index (Phi) is 4.50. The molecule has 0 unspecified atom stereocenters. The topological polar surface area (TPSA) is 20.2 Å². The molecule has 0 heterocycles. The quantitative estimate of drug-likeness (QED) is 0.733. The number of benzene rings is 1. The lowest BCUT2D eigenvalue weighted by Gasteiger charge is -2.27. The minimum Gasteiger partial charge on any atom is -0.508 e. The number of phenolic OH excluding ortho intramolecular Hbond substituents is 1. The fourth-order valence-corrected chi connectivity index (χ4v) is 2.35. The second-order valence-electron chi connectivity index (χ2n) is 7.30. The van der Waals surface area contributed by atoms with Crippen molar-refractivity contribution in [2.75, 3.05) is 0 Å². The van der Waals surface area contributed by atoms with E-state index >= 15 is 0 Å². The third kappa shape index (κ3) is 3.86. The molecular formula is C18H28O. The summed E-state index contributed by atoms with van der Waals surface area (Å²) in [7, 11) is 0. The van der Waals surface area contributed by atoms with Crippen LogP contribution in [-0.4, -0.2) is 5.11 Å². The maximum absolute atomic E-state index is 10.3. The van der Waals surface area contributed by atoms with Crippen LogP contribution in [0.1, 0.15) is 65.2 Å². The highest BCUT2D eigenvalue weighted by Crippen LogP contribution is 2.37. The Morgan fingerprint density at radius 3 is 1.89 bits per heavy atom. The third-order valence-electron chi connectivity index (χ3n) is 3.41. The van der Waals surface area contributed by atoms with Crippen LogP contribution in [0.4, 0.5) is 0 Å². The van der Waals surface area contributed by atoms with Gasteiger partial charge in [0.15, 0.2) is 0 Å². The fraction of sp³-hybridized carbons (Fsp3) is 0.556. The van der Waals surface area contributed by atoms with Gasteiger partial charge in [0.1, 0.15) is 5.75 Å². The number of hydrogen-bond donors (Lipinski definition) is 1. The number of aromatic hydroxyl groups is 1. The van der Waals surface area contributed by atoms with Gasteiger partial charge in [0.2, 0.25) is 0 Å². The van der Waals surface area contributed by atoms with Gasteiger partial charge >= 0.3 is 0 Å². The lowest BCUT2D eigenvalue weighted by atomic mass is 9.78. The van der Waals surface area contributed by atoms with E-state index in [9.17, 15) is 5.11 Å². The highest BCUT2D eigenvalue weighted by molar-refractivity contribution is 5.48. The Bertz CT molecular complexity index is 468. The van der Waals surface area contributed by atoms with Crippen molar-refractivity contribution < 1.29 is 5.11 Å². The summed E-state index contributed by atoms with van der Waals surface area (Å²) >= 11 is 0. The summed E-state index contributed by atoms with van der Waals surface area (Å²) in [6.07, 6.45) is 5.18. The highest BCUT2D eigenvalue weighted by atomic mass is 16.3. The third-order valence-corrected chi connectivity index (χ3v) is 3.41. The second-order valence-corrected chi connectivity index (χ2v) is 7.30.